The average molecular weight is 242 g/mol. The van der Waals surface area contributed by atoms with Crippen LogP contribution in [0.5, 0.6) is 0 Å². The molecule has 0 aliphatic heterocycles. The maximum absolute atomic E-state index is 13.2. The van der Waals surface area contributed by atoms with Crippen molar-refractivity contribution in [3.63, 3.8) is 0 Å². The number of hydrogen-bond acceptors (Lipinski definition) is 3. The van der Waals surface area contributed by atoms with Gasteiger partial charge < -0.3 is 10.3 Å². The molecular formula is C13H11FN4. The zero-order valence-corrected chi connectivity index (χ0v) is 9.76. The Morgan fingerprint density at radius 3 is 2.83 bits per heavy atom. The van der Waals surface area contributed by atoms with Gasteiger partial charge in [-0.3, -0.25) is 4.98 Å². The van der Waals surface area contributed by atoms with Crippen LogP contribution in [0.3, 0.4) is 0 Å². The molecule has 90 valence electrons. The molecule has 0 amide bonds. The van der Waals surface area contributed by atoms with E-state index in [-0.39, 0.29) is 5.82 Å². The van der Waals surface area contributed by atoms with Crippen molar-refractivity contribution >= 4 is 16.7 Å². The Labute approximate surface area is 103 Å². The highest BCUT2D eigenvalue weighted by molar-refractivity contribution is 5.80. The number of benzene rings is 1. The van der Waals surface area contributed by atoms with Crippen LogP contribution in [0.2, 0.25) is 0 Å². The van der Waals surface area contributed by atoms with E-state index >= 15 is 0 Å². The molecule has 0 aliphatic rings. The molecule has 2 aromatic heterocycles. The van der Waals surface area contributed by atoms with Gasteiger partial charge in [0.25, 0.3) is 0 Å². The molecule has 3 rings (SSSR count). The molecule has 2 heterocycles. The lowest BCUT2D eigenvalue weighted by Gasteiger charge is -2.02. The van der Waals surface area contributed by atoms with Crippen LogP contribution in [0.1, 0.15) is 0 Å². The summed E-state index contributed by atoms with van der Waals surface area (Å²) in [5, 5.41) is 0. The number of nitrogen functional groups attached to an aromatic ring is 1. The number of pyridine rings is 1. The van der Waals surface area contributed by atoms with Crippen LogP contribution in [0.25, 0.3) is 22.4 Å². The van der Waals surface area contributed by atoms with E-state index in [1.807, 2.05) is 11.6 Å². The summed E-state index contributed by atoms with van der Waals surface area (Å²) in [7, 11) is 1.84. The fourth-order valence-corrected chi connectivity index (χ4v) is 2.00. The highest BCUT2D eigenvalue weighted by Crippen LogP contribution is 2.24. The molecular weight excluding hydrogens is 231 g/mol. The first-order valence-electron chi connectivity index (χ1n) is 5.48. The van der Waals surface area contributed by atoms with E-state index in [1.54, 1.807) is 24.5 Å². The van der Waals surface area contributed by atoms with E-state index < -0.39 is 0 Å². The van der Waals surface area contributed by atoms with Crippen LogP contribution < -0.4 is 5.73 Å². The monoisotopic (exact) mass is 242 g/mol. The molecule has 4 nitrogen and oxygen atoms in total. The number of rotatable bonds is 1. The van der Waals surface area contributed by atoms with Crippen LogP contribution in [0.15, 0.2) is 36.7 Å². The minimum atomic E-state index is -0.275. The van der Waals surface area contributed by atoms with Crippen molar-refractivity contribution in [1.82, 2.24) is 14.5 Å². The van der Waals surface area contributed by atoms with E-state index in [2.05, 4.69) is 9.97 Å². The van der Waals surface area contributed by atoms with E-state index in [0.29, 0.717) is 5.69 Å². The normalized spacial score (nSPS) is 11.0. The van der Waals surface area contributed by atoms with E-state index in [4.69, 9.17) is 5.73 Å². The van der Waals surface area contributed by atoms with Crippen LogP contribution in [-0.2, 0) is 7.05 Å². The highest BCUT2D eigenvalue weighted by Gasteiger charge is 2.10. The van der Waals surface area contributed by atoms with Crippen molar-refractivity contribution in [2.45, 2.75) is 0 Å². The lowest BCUT2D eigenvalue weighted by molar-refractivity contribution is 0.629. The Morgan fingerprint density at radius 1 is 1.22 bits per heavy atom. The summed E-state index contributed by atoms with van der Waals surface area (Å²) >= 11 is 0. The standard InChI is InChI=1S/C13H11FN4/c1-18-12-5-9(14)2-3-11(12)17-13(18)8-4-10(15)7-16-6-8/h2-7H,15H2,1H3. The van der Waals surface area contributed by atoms with Gasteiger partial charge in [0, 0.05) is 25.0 Å². The number of anilines is 1. The maximum Gasteiger partial charge on any atom is 0.142 e. The van der Waals surface area contributed by atoms with Crippen molar-refractivity contribution in [3.05, 3.63) is 42.5 Å². The summed E-state index contributed by atoms with van der Waals surface area (Å²) in [5.74, 6) is 0.443. The number of aryl methyl sites for hydroxylation is 1. The van der Waals surface area contributed by atoms with Crippen molar-refractivity contribution in [3.8, 4) is 11.4 Å². The molecule has 2 N–H and O–H groups in total. The second-order valence-corrected chi connectivity index (χ2v) is 4.13. The Balaban J connectivity index is 2.27. The SMILES string of the molecule is Cn1c(-c2cncc(N)c2)nc2ccc(F)cc21. The van der Waals surface area contributed by atoms with Crippen molar-refractivity contribution < 1.29 is 4.39 Å². The predicted octanol–water partition coefficient (Wildman–Crippen LogP) is 2.36. The van der Waals surface area contributed by atoms with E-state index in [0.717, 1.165) is 22.4 Å². The number of fused-ring (bicyclic) bond motifs is 1. The third kappa shape index (κ3) is 1.60. The molecule has 0 aliphatic carbocycles. The van der Waals surface area contributed by atoms with Gasteiger partial charge in [-0.1, -0.05) is 0 Å². The molecule has 0 spiro atoms. The Morgan fingerprint density at radius 2 is 2.06 bits per heavy atom. The number of halogens is 1. The van der Waals surface area contributed by atoms with E-state index in [9.17, 15) is 4.39 Å². The maximum atomic E-state index is 13.2. The summed E-state index contributed by atoms with van der Waals surface area (Å²) in [6.45, 7) is 0. The molecule has 0 atom stereocenters. The van der Waals surface area contributed by atoms with Gasteiger partial charge >= 0.3 is 0 Å². The third-order valence-electron chi connectivity index (χ3n) is 2.86. The molecule has 1 aromatic carbocycles. The van der Waals surface area contributed by atoms with Gasteiger partial charge in [0.1, 0.15) is 11.6 Å². The molecule has 0 saturated carbocycles. The number of aromatic nitrogens is 3. The van der Waals surface area contributed by atoms with Crippen LogP contribution in [0.4, 0.5) is 10.1 Å². The van der Waals surface area contributed by atoms with Gasteiger partial charge in [-0.25, -0.2) is 9.37 Å². The van der Waals surface area contributed by atoms with Gasteiger partial charge in [-0.15, -0.1) is 0 Å². The predicted molar refractivity (Wildman–Crippen MR) is 68.3 cm³/mol. The van der Waals surface area contributed by atoms with Crippen molar-refractivity contribution in [1.29, 1.82) is 0 Å². The Hall–Kier alpha value is -2.43. The first-order chi connectivity index (χ1) is 8.65. The highest BCUT2D eigenvalue weighted by atomic mass is 19.1. The first-order valence-corrected chi connectivity index (χ1v) is 5.48. The molecule has 0 fully saturated rings. The van der Waals surface area contributed by atoms with E-state index in [1.165, 1.54) is 12.1 Å². The molecule has 0 bridgehead atoms. The van der Waals surface area contributed by atoms with Gasteiger partial charge in [0.15, 0.2) is 0 Å². The van der Waals surface area contributed by atoms with Crippen molar-refractivity contribution in [2.24, 2.45) is 7.05 Å². The smallest absolute Gasteiger partial charge is 0.142 e. The summed E-state index contributed by atoms with van der Waals surface area (Å²) < 4.78 is 15.0. The second kappa shape index (κ2) is 3.80. The quantitative estimate of drug-likeness (QED) is 0.712. The molecule has 3 aromatic rings. The zero-order chi connectivity index (χ0) is 12.7. The van der Waals surface area contributed by atoms with Gasteiger partial charge in [-0.2, -0.15) is 0 Å². The molecule has 0 saturated heterocycles. The summed E-state index contributed by atoms with van der Waals surface area (Å²) in [5.41, 5.74) is 8.58. The molecule has 0 unspecified atom stereocenters. The van der Waals surface area contributed by atoms with Gasteiger partial charge in [0.05, 0.1) is 16.7 Å². The van der Waals surface area contributed by atoms with Crippen LogP contribution in [-0.4, -0.2) is 14.5 Å². The second-order valence-electron chi connectivity index (χ2n) is 4.13. The lowest BCUT2D eigenvalue weighted by atomic mass is 10.2. The minimum absolute atomic E-state index is 0.275. The summed E-state index contributed by atoms with van der Waals surface area (Å²) in [6.07, 6.45) is 3.26. The fraction of sp³-hybridized carbons (Fsp3) is 0.0769. The van der Waals surface area contributed by atoms with Gasteiger partial charge in [0.2, 0.25) is 0 Å². The third-order valence-corrected chi connectivity index (χ3v) is 2.86. The van der Waals surface area contributed by atoms with Crippen molar-refractivity contribution in [2.75, 3.05) is 5.73 Å². The topological polar surface area (TPSA) is 56.7 Å². The first kappa shape index (κ1) is 10.7. The fourth-order valence-electron chi connectivity index (χ4n) is 2.00. The number of imidazole rings is 1. The van der Waals surface area contributed by atoms with Crippen LogP contribution in [0, 0.1) is 5.82 Å². The number of nitrogens with two attached hydrogens (primary N) is 1. The summed E-state index contributed by atoms with van der Waals surface area (Å²) in [4.78, 5) is 8.50. The average Bonchev–Trinajstić information content (AvgIpc) is 2.67. The lowest BCUT2D eigenvalue weighted by Crippen LogP contribution is -1.94. The number of hydrogen-bond donors (Lipinski definition) is 1. The Bertz CT molecular complexity index is 733. The molecule has 18 heavy (non-hydrogen) atoms. The Kier molecular flexibility index (Phi) is 2.26. The zero-order valence-electron chi connectivity index (χ0n) is 9.76. The molecule has 0 radical (unpaired) electrons. The number of nitrogens with zero attached hydrogens (tertiary/aromatic N) is 3. The summed E-state index contributed by atoms with van der Waals surface area (Å²) in [6, 6.07) is 6.32. The largest absolute Gasteiger partial charge is 0.397 e. The molecule has 5 heteroatoms. The van der Waals surface area contributed by atoms with Gasteiger partial charge in [-0.05, 0) is 24.3 Å². The van der Waals surface area contributed by atoms with Crippen LogP contribution >= 0.6 is 0 Å². The minimum Gasteiger partial charge on any atom is -0.397 e.